The summed E-state index contributed by atoms with van der Waals surface area (Å²) in [5.74, 6) is 2.03. The van der Waals surface area contributed by atoms with E-state index in [1.54, 1.807) is 6.20 Å². The number of fused-ring (bicyclic) bond motifs is 2. The van der Waals surface area contributed by atoms with E-state index in [4.69, 9.17) is 9.72 Å². The normalized spacial score (nSPS) is 14.9. The van der Waals surface area contributed by atoms with E-state index in [-0.39, 0.29) is 0 Å². The smallest absolute Gasteiger partial charge is 0.219 e. The Balaban J connectivity index is 1.29. The van der Waals surface area contributed by atoms with Gasteiger partial charge in [-0.1, -0.05) is 0 Å². The van der Waals surface area contributed by atoms with E-state index >= 15 is 0 Å². The van der Waals surface area contributed by atoms with Gasteiger partial charge in [0.2, 0.25) is 5.88 Å². The van der Waals surface area contributed by atoms with Crippen LogP contribution in [0.25, 0.3) is 33.5 Å². The van der Waals surface area contributed by atoms with Crippen LogP contribution < -0.4 is 9.64 Å². The van der Waals surface area contributed by atoms with Crippen LogP contribution in [0.4, 0.5) is 5.69 Å². The molecule has 0 atom stereocenters. The first-order valence-corrected chi connectivity index (χ1v) is 11.1. The van der Waals surface area contributed by atoms with Crippen molar-refractivity contribution in [3.05, 3.63) is 60.3 Å². The number of likely N-dealkylation sites (N-methyl/N-ethyl adjacent to an activating group) is 1. The Hall–Kier alpha value is -3.91. The van der Waals surface area contributed by atoms with E-state index in [9.17, 15) is 0 Å². The molecule has 1 aliphatic heterocycles. The van der Waals surface area contributed by atoms with Crippen molar-refractivity contribution in [3.8, 4) is 23.1 Å². The Morgan fingerprint density at radius 3 is 2.67 bits per heavy atom. The molecule has 6 rings (SSSR count). The zero-order valence-electron chi connectivity index (χ0n) is 18.7. The van der Waals surface area contributed by atoms with E-state index in [0.717, 1.165) is 65.2 Å². The van der Waals surface area contributed by atoms with Crippen molar-refractivity contribution in [3.63, 3.8) is 0 Å². The summed E-state index contributed by atoms with van der Waals surface area (Å²) >= 11 is 0. The Morgan fingerprint density at radius 2 is 1.82 bits per heavy atom. The van der Waals surface area contributed by atoms with Crippen molar-refractivity contribution in [1.29, 1.82) is 0 Å². The fourth-order valence-electron chi connectivity index (χ4n) is 4.30. The standard InChI is InChI=1S/C25H25N7O/c1-16-7-8-26-23(13-16)33-18-4-5-19-21(15-18)29-30-24(19)25-27-20-6-3-17(14-22(20)28-25)32-11-9-31(2)10-12-32/h3-8,13-15H,9-12H2,1-2H3,(H,27,28)(H,29,30). The number of pyridine rings is 1. The SMILES string of the molecule is Cc1ccnc(Oc2ccc3c(-c4nc5ccc(N6CCN(C)CC6)cc5[nH]4)n[nH]c3c2)c1. The average molecular weight is 440 g/mol. The lowest BCUT2D eigenvalue weighted by Gasteiger charge is -2.34. The molecule has 0 unspecified atom stereocenters. The van der Waals surface area contributed by atoms with E-state index < -0.39 is 0 Å². The van der Waals surface area contributed by atoms with E-state index in [0.29, 0.717) is 11.6 Å². The highest BCUT2D eigenvalue weighted by Crippen LogP contribution is 2.31. The van der Waals surface area contributed by atoms with Gasteiger partial charge in [0, 0.05) is 55.6 Å². The third kappa shape index (κ3) is 3.78. The molecule has 166 valence electrons. The molecule has 0 amide bonds. The number of rotatable bonds is 4. The highest BCUT2D eigenvalue weighted by molar-refractivity contribution is 5.94. The van der Waals surface area contributed by atoms with Gasteiger partial charge in [-0.25, -0.2) is 9.97 Å². The molecular weight excluding hydrogens is 414 g/mol. The maximum Gasteiger partial charge on any atom is 0.219 e. The minimum absolute atomic E-state index is 0.572. The fraction of sp³-hybridized carbons (Fsp3) is 0.240. The molecule has 0 bridgehead atoms. The second-order valence-electron chi connectivity index (χ2n) is 8.63. The Kier molecular flexibility index (Phi) is 4.73. The number of aryl methyl sites for hydroxylation is 1. The van der Waals surface area contributed by atoms with Gasteiger partial charge in [0.1, 0.15) is 11.4 Å². The van der Waals surface area contributed by atoms with Gasteiger partial charge >= 0.3 is 0 Å². The van der Waals surface area contributed by atoms with Crippen LogP contribution in [-0.4, -0.2) is 63.3 Å². The summed E-state index contributed by atoms with van der Waals surface area (Å²) in [5.41, 5.74) is 5.96. The summed E-state index contributed by atoms with van der Waals surface area (Å²) in [4.78, 5) is 17.3. The van der Waals surface area contributed by atoms with Crippen LogP contribution in [0, 0.1) is 6.92 Å². The van der Waals surface area contributed by atoms with Crippen molar-refractivity contribution in [2.24, 2.45) is 0 Å². The molecule has 2 N–H and O–H groups in total. The molecule has 1 aliphatic rings. The Labute approximate surface area is 191 Å². The summed E-state index contributed by atoms with van der Waals surface area (Å²) in [7, 11) is 2.17. The minimum atomic E-state index is 0.572. The van der Waals surface area contributed by atoms with Gasteiger partial charge in [0.05, 0.1) is 16.6 Å². The molecule has 0 spiro atoms. The first-order valence-electron chi connectivity index (χ1n) is 11.1. The molecule has 8 heteroatoms. The summed E-state index contributed by atoms with van der Waals surface area (Å²) in [6.07, 6.45) is 1.74. The predicted molar refractivity (Wildman–Crippen MR) is 130 cm³/mol. The number of aromatic nitrogens is 5. The van der Waals surface area contributed by atoms with Crippen LogP contribution >= 0.6 is 0 Å². The van der Waals surface area contributed by atoms with Crippen LogP contribution in [0.15, 0.2) is 54.7 Å². The molecule has 2 aromatic carbocycles. The maximum absolute atomic E-state index is 5.92. The van der Waals surface area contributed by atoms with Gasteiger partial charge in [-0.15, -0.1) is 0 Å². The number of hydrogen-bond donors (Lipinski definition) is 2. The number of nitrogens with zero attached hydrogens (tertiary/aromatic N) is 5. The van der Waals surface area contributed by atoms with Gasteiger partial charge in [-0.05, 0) is 55.9 Å². The lowest BCUT2D eigenvalue weighted by Crippen LogP contribution is -2.44. The third-order valence-corrected chi connectivity index (χ3v) is 6.21. The molecule has 0 aliphatic carbocycles. The number of hydrogen-bond acceptors (Lipinski definition) is 6. The second kappa shape index (κ2) is 7.90. The second-order valence-corrected chi connectivity index (χ2v) is 8.63. The molecule has 8 nitrogen and oxygen atoms in total. The lowest BCUT2D eigenvalue weighted by atomic mass is 10.2. The van der Waals surface area contributed by atoms with Gasteiger partial charge in [0.25, 0.3) is 0 Å². The van der Waals surface area contributed by atoms with Crippen molar-refractivity contribution in [2.75, 3.05) is 38.1 Å². The van der Waals surface area contributed by atoms with E-state index in [1.807, 2.05) is 37.3 Å². The molecule has 0 radical (unpaired) electrons. The Bertz CT molecular complexity index is 1450. The van der Waals surface area contributed by atoms with Crippen molar-refractivity contribution in [2.45, 2.75) is 6.92 Å². The number of nitrogens with one attached hydrogen (secondary N) is 2. The monoisotopic (exact) mass is 439 g/mol. The predicted octanol–water partition coefficient (Wildman–Crippen LogP) is 4.35. The lowest BCUT2D eigenvalue weighted by molar-refractivity contribution is 0.313. The topological polar surface area (TPSA) is 86.0 Å². The molecule has 1 saturated heterocycles. The Morgan fingerprint density at radius 1 is 0.939 bits per heavy atom. The van der Waals surface area contributed by atoms with Crippen LogP contribution in [0.3, 0.4) is 0 Å². The quantitative estimate of drug-likeness (QED) is 0.433. The number of aromatic amines is 2. The molecule has 1 fully saturated rings. The van der Waals surface area contributed by atoms with E-state index in [1.165, 1.54) is 5.69 Å². The van der Waals surface area contributed by atoms with Crippen LogP contribution in [-0.2, 0) is 0 Å². The first kappa shape index (κ1) is 19.8. The number of benzene rings is 2. The largest absolute Gasteiger partial charge is 0.439 e. The van der Waals surface area contributed by atoms with Gasteiger partial charge < -0.3 is 19.5 Å². The van der Waals surface area contributed by atoms with Gasteiger partial charge in [-0.2, -0.15) is 5.10 Å². The van der Waals surface area contributed by atoms with Crippen LogP contribution in [0.1, 0.15) is 5.56 Å². The van der Waals surface area contributed by atoms with Crippen LogP contribution in [0.2, 0.25) is 0 Å². The summed E-state index contributed by atoms with van der Waals surface area (Å²) < 4.78 is 5.92. The van der Waals surface area contributed by atoms with Gasteiger partial charge in [-0.3, -0.25) is 5.10 Å². The van der Waals surface area contributed by atoms with Crippen molar-refractivity contribution >= 4 is 27.6 Å². The highest BCUT2D eigenvalue weighted by atomic mass is 16.5. The number of ether oxygens (including phenoxy) is 1. The molecule has 3 aromatic heterocycles. The summed E-state index contributed by atoms with van der Waals surface area (Å²) in [5, 5.41) is 8.63. The minimum Gasteiger partial charge on any atom is -0.439 e. The van der Waals surface area contributed by atoms with Gasteiger partial charge in [0.15, 0.2) is 5.82 Å². The number of imidazole rings is 1. The average Bonchev–Trinajstić information content (AvgIpc) is 3.42. The van der Waals surface area contributed by atoms with Crippen molar-refractivity contribution in [1.82, 2.24) is 30.0 Å². The molecule has 5 aromatic rings. The summed E-state index contributed by atoms with van der Waals surface area (Å²) in [6, 6.07) is 16.1. The van der Waals surface area contributed by atoms with E-state index in [2.05, 4.69) is 55.2 Å². The third-order valence-electron chi connectivity index (χ3n) is 6.21. The number of anilines is 1. The zero-order chi connectivity index (χ0) is 22.4. The molecular formula is C25H25N7O. The molecule has 0 saturated carbocycles. The number of piperazine rings is 1. The number of H-pyrrole nitrogens is 2. The highest BCUT2D eigenvalue weighted by Gasteiger charge is 2.17. The molecule has 4 heterocycles. The maximum atomic E-state index is 5.92. The zero-order valence-corrected chi connectivity index (χ0v) is 18.7. The summed E-state index contributed by atoms with van der Waals surface area (Å²) in [6.45, 7) is 6.25. The van der Waals surface area contributed by atoms with Crippen LogP contribution in [0.5, 0.6) is 11.6 Å². The fourth-order valence-corrected chi connectivity index (χ4v) is 4.30. The first-order chi connectivity index (χ1) is 16.1. The van der Waals surface area contributed by atoms with Crippen molar-refractivity contribution < 1.29 is 4.74 Å². The molecule has 33 heavy (non-hydrogen) atoms.